The van der Waals surface area contributed by atoms with Crippen molar-refractivity contribution in [2.24, 2.45) is 17.8 Å². The molecule has 0 radical (unpaired) electrons. The lowest BCUT2D eigenvalue weighted by atomic mass is 9.64. The van der Waals surface area contributed by atoms with Crippen LogP contribution in [0.1, 0.15) is 33.1 Å². The zero-order valence-corrected chi connectivity index (χ0v) is 11.0. The fraction of sp³-hybridized carbons (Fsp3) is 0.786. The first-order valence-electron chi connectivity index (χ1n) is 6.62. The molecule has 2 aliphatic carbocycles. The SMILES string of the molecule is CC1C(O)C(=O)C=C2CCC(C(C)(O)CO)CC21. The first kappa shape index (κ1) is 13.7. The third-order valence-corrected chi connectivity index (χ3v) is 4.75. The van der Waals surface area contributed by atoms with E-state index in [0.717, 1.165) is 24.8 Å². The minimum absolute atomic E-state index is 0.0208. The highest BCUT2D eigenvalue weighted by Gasteiger charge is 2.43. The summed E-state index contributed by atoms with van der Waals surface area (Å²) in [5.41, 5.74) is 0.0280. The van der Waals surface area contributed by atoms with E-state index in [1.807, 2.05) is 6.92 Å². The first-order valence-corrected chi connectivity index (χ1v) is 6.62. The Kier molecular flexibility index (Phi) is 3.63. The number of ketones is 1. The Morgan fingerprint density at radius 2 is 2.17 bits per heavy atom. The molecular formula is C14H22O4. The van der Waals surface area contributed by atoms with Gasteiger partial charge in [0.2, 0.25) is 0 Å². The van der Waals surface area contributed by atoms with Crippen LogP contribution < -0.4 is 0 Å². The maximum absolute atomic E-state index is 11.6. The van der Waals surface area contributed by atoms with Crippen molar-refractivity contribution >= 4 is 5.78 Å². The molecule has 5 unspecified atom stereocenters. The minimum atomic E-state index is -1.07. The summed E-state index contributed by atoms with van der Waals surface area (Å²) in [4.78, 5) is 11.6. The molecule has 3 N–H and O–H groups in total. The van der Waals surface area contributed by atoms with Gasteiger partial charge < -0.3 is 15.3 Å². The normalized spacial score (nSPS) is 39.8. The second-order valence-corrected chi connectivity index (χ2v) is 6.02. The molecule has 2 rings (SSSR count). The molecule has 5 atom stereocenters. The van der Waals surface area contributed by atoms with Crippen molar-refractivity contribution in [3.63, 3.8) is 0 Å². The molecule has 1 saturated carbocycles. The summed E-state index contributed by atoms with van der Waals surface area (Å²) in [5.74, 6) is -0.127. The fourth-order valence-corrected chi connectivity index (χ4v) is 3.27. The molecule has 4 heteroatoms. The van der Waals surface area contributed by atoms with E-state index in [9.17, 15) is 20.1 Å². The second kappa shape index (κ2) is 4.76. The monoisotopic (exact) mass is 254 g/mol. The molecule has 102 valence electrons. The molecule has 0 aromatic carbocycles. The van der Waals surface area contributed by atoms with Gasteiger partial charge in [0, 0.05) is 0 Å². The van der Waals surface area contributed by atoms with Gasteiger partial charge in [-0.05, 0) is 50.0 Å². The third-order valence-electron chi connectivity index (χ3n) is 4.75. The lowest BCUT2D eigenvalue weighted by molar-refractivity contribution is -0.127. The molecule has 0 amide bonds. The Bertz CT molecular complexity index is 372. The van der Waals surface area contributed by atoms with Crippen molar-refractivity contribution in [1.29, 1.82) is 0 Å². The highest BCUT2D eigenvalue weighted by Crippen LogP contribution is 2.44. The third kappa shape index (κ3) is 2.25. The van der Waals surface area contributed by atoms with Gasteiger partial charge in [0.25, 0.3) is 0 Å². The second-order valence-electron chi connectivity index (χ2n) is 6.02. The summed E-state index contributed by atoms with van der Waals surface area (Å²) in [6, 6.07) is 0. The van der Waals surface area contributed by atoms with Gasteiger partial charge in [-0.3, -0.25) is 4.79 Å². The summed E-state index contributed by atoms with van der Waals surface area (Å²) in [7, 11) is 0. The van der Waals surface area contributed by atoms with Gasteiger partial charge in [0.05, 0.1) is 12.2 Å². The van der Waals surface area contributed by atoms with Gasteiger partial charge in [-0.15, -0.1) is 0 Å². The summed E-state index contributed by atoms with van der Waals surface area (Å²) in [6.45, 7) is 3.29. The first-order chi connectivity index (χ1) is 8.36. The van der Waals surface area contributed by atoms with E-state index in [0.29, 0.717) is 0 Å². The largest absolute Gasteiger partial charge is 0.393 e. The number of fused-ring (bicyclic) bond motifs is 1. The summed E-state index contributed by atoms with van der Waals surface area (Å²) in [6.07, 6.45) is 2.95. The van der Waals surface area contributed by atoms with Gasteiger partial charge in [-0.1, -0.05) is 12.5 Å². The van der Waals surface area contributed by atoms with Crippen molar-refractivity contribution in [3.05, 3.63) is 11.6 Å². The van der Waals surface area contributed by atoms with E-state index in [1.165, 1.54) is 0 Å². The standard InChI is InChI=1S/C14H22O4/c1-8-11-6-10(14(2,18)7-15)4-3-9(11)5-12(16)13(8)17/h5,8,10-11,13,15,17-18H,3-4,6-7H2,1-2H3. The number of rotatable bonds is 2. The topological polar surface area (TPSA) is 77.8 Å². The summed E-state index contributed by atoms with van der Waals surface area (Å²) < 4.78 is 0. The van der Waals surface area contributed by atoms with E-state index in [4.69, 9.17) is 0 Å². The van der Waals surface area contributed by atoms with Crippen LogP contribution in [0.3, 0.4) is 0 Å². The van der Waals surface area contributed by atoms with Crippen LogP contribution in [0.4, 0.5) is 0 Å². The molecule has 0 aliphatic heterocycles. The van der Waals surface area contributed by atoms with E-state index in [-0.39, 0.29) is 30.1 Å². The van der Waals surface area contributed by atoms with Crippen LogP contribution in [-0.2, 0) is 4.79 Å². The van der Waals surface area contributed by atoms with Crippen molar-refractivity contribution < 1.29 is 20.1 Å². The Balaban J connectivity index is 2.19. The van der Waals surface area contributed by atoms with E-state index in [2.05, 4.69) is 0 Å². The quantitative estimate of drug-likeness (QED) is 0.676. The van der Waals surface area contributed by atoms with Crippen LogP contribution in [0, 0.1) is 17.8 Å². The Labute approximate surface area is 107 Å². The molecular weight excluding hydrogens is 232 g/mol. The van der Waals surface area contributed by atoms with Crippen molar-refractivity contribution in [2.75, 3.05) is 6.61 Å². The predicted molar refractivity (Wildman–Crippen MR) is 66.8 cm³/mol. The number of hydrogen-bond donors (Lipinski definition) is 3. The van der Waals surface area contributed by atoms with Gasteiger partial charge in [0.1, 0.15) is 6.10 Å². The molecule has 0 aromatic heterocycles. The maximum atomic E-state index is 11.6. The number of aliphatic hydroxyl groups excluding tert-OH is 2. The van der Waals surface area contributed by atoms with Crippen molar-refractivity contribution in [3.8, 4) is 0 Å². The van der Waals surface area contributed by atoms with Crippen LogP contribution in [0.15, 0.2) is 11.6 Å². The molecule has 0 bridgehead atoms. The average Bonchev–Trinajstić information content (AvgIpc) is 2.35. The Morgan fingerprint density at radius 1 is 1.50 bits per heavy atom. The molecule has 0 spiro atoms. The van der Waals surface area contributed by atoms with E-state index < -0.39 is 11.7 Å². The van der Waals surface area contributed by atoms with Crippen molar-refractivity contribution in [1.82, 2.24) is 0 Å². The van der Waals surface area contributed by atoms with Gasteiger partial charge in [-0.2, -0.15) is 0 Å². The molecule has 0 heterocycles. The van der Waals surface area contributed by atoms with Crippen LogP contribution in [0.5, 0.6) is 0 Å². The number of allylic oxidation sites excluding steroid dienone is 1. The Hall–Kier alpha value is -0.710. The predicted octanol–water partition coefficient (Wildman–Crippen LogP) is 0.652. The summed E-state index contributed by atoms with van der Waals surface area (Å²) >= 11 is 0. The highest BCUT2D eigenvalue weighted by atomic mass is 16.3. The molecule has 0 aromatic rings. The zero-order chi connectivity index (χ0) is 13.5. The van der Waals surface area contributed by atoms with Gasteiger partial charge in [0.15, 0.2) is 5.78 Å². The van der Waals surface area contributed by atoms with Crippen LogP contribution >= 0.6 is 0 Å². The minimum Gasteiger partial charge on any atom is -0.393 e. The van der Waals surface area contributed by atoms with Crippen LogP contribution in [0.25, 0.3) is 0 Å². The highest BCUT2D eigenvalue weighted by molar-refractivity contribution is 5.95. The molecule has 0 saturated heterocycles. The molecule has 1 fully saturated rings. The Morgan fingerprint density at radius 3 is 2.78 bits per heavy atom. The van der Waals surface area contributed by atoms with E-state index >= 15 is 0 Å². The number of carbonyl (C=O) groups excluding carboxylic acids is 1. The lowest BCUT2D eigenvalue weighted by Crippen LogP contribution is -2.45. The molecule has 4 nitrogen and oxygen atoms in total. The van der Waals surface area contributed by atoms with Crippen LogP contribution in [0.2, 0.25) is 0 Å². The van der Waals surface area contributed by atoms with Crippen molar-refractivity contribution in [2.45, 2.75) is 44.8 Å². The zero-order valence-electron chi connectivity index (χ0n) is 11.0. The number of hydrogen-bond acceptors (Lipinski definition) is 4. The number of aliphatic hydroxyl groups is 3. The van der Waals surface area contributed by atoms with Crippen LogP contribution in [-0.4, -0.2) is 39.4 Å². The smallest absolute Gasteiger partial charge is 0.184 e. The molecule has 18 heavy (non-hydrogen) atoms. The van der Waals surface area contributed by atoms with E-state index in [1.54, 1.807) is 13.0 Å². The fourth-order valence-electron chi connectivity index (χ4n) is 3.27. The van der Waals surface area contributed by atoms with Gasteiger partial charge >= 0.3 is 0 Å². The summed E-state index contributed by atoms with van der Waals surface area (Å²) in [5, 5.41) is 29.2. The maximum Gasteiger partial charge on any atom is 0.184 e. The lowest BCUT2D eigenvalue weighted by Gasteiger charge is -2.43. The molecule has 2 aliphatic rings. The average molecular weight is 254 g/mol. The number of carbonyl (C=O) groups is 1. The van der Waals surface area contributed by atoms with Gasteiger partial charge in [-0.25, -0.2) is 0 Å².